The summed E-state index contributed by atoms with van der Waals surface area (Å²) in [5.41, 5.74) is 0. The molecule has 0 spiro atoms. The number of hydrogen-bond acceptors (Lipinski definition) is 6. The van der Waals surface area contributed by atoms with Gasteiger partial charge in [-0.3, -0.25) is 0 Å². The van der Waals surface area contributed by atoms with Crippen LogP contribution in [0.3, 0.4) is 0 Å². The number of fused-ring (bicyclic) bond motifs is 1. The zero-order valence-corrected chi connectivity index (χ0v) is 13.6. The van der Waals surface area contributed by atoms with E-state index in [2.05, 4.69) is 33.6 Å². The van der Waals surface area contributed by atoms with Crippen LogP contribution in [0.2, 0.25) is 0 Å². The van der Waals surface area contributed by atoms with Crippen LogP contribution in [0, 0.1) is 0 Å². The molecule has 0 amide bonds. The first kappa shape index (κ1) is 14.5. The van der Waals surface area contributed by atoms with E-state index in [-0.39, 0.29) is 6.10 Å². The molecule has 6 heteroatoms. The average Bonchev–Trinajstić information content (AvgIpc) is 3.12. The van der Waals surface area contributed by atoms with Gasteiger partial charge in [0.15, 0.2) is 0 Å². The van der Waals surface area contributed by atoms with Crippen LogP contribution in [0.4, 0.5) is 11.8 Å². The Morgan fingerprint density at radius 1 is 1.38 bits per heavy atom. The fourth-order valence-corrected chi connectivity index (χ4v) is 3.88. The van der Waals surface area contributed by atoms with Crippen LogP contribution in [0.15, 0.2) is 6.07 Å². The van der Waals surface area contributed by atoms with Crippen molar-refractivity contribution in [2.45, 2.75) is 44.8 Å². The van der Waals surface area contributed by atoms with Crippen LogP contribution in [-0.4, -0.2) is 36.3 Å². The zero-order chi connectivity index (χ0) is 14.8. The third-order valence-electron chi connectivity index (χ3n) is 4.09. The Morgan fingerprint density at radius 3 is 2.95 bits per heavy atom. The molecule has 2 atom stereocenters. The maximum absolute atomic E-state index is 5.57. The topological polar surface area (TPSA) is 59.1 Å². The van der Waals surface area contributed by atoms with E-state index >= 15 is 0 Å². The highest BCUT2D eigenvalue weighted by Crippen LogP contribution is 2.32. The largest absolute Gasteiger partial charge is 0.379 e. The van der Waals surface area contributed by atoms with Crippen LogP contribution in [0.1, 0.15) is 31.1 Å². The van der Waals surface area contributed by atoms with Crippen LogP contribution < -0.4 is 10.6 Å². The van der Waals surface area contributed by atoms with Gasteiger partial charge >= 0.3 is 0 Å². The minimum atomic E-state index is 0.275. The van der Waals surface area contributed by atoms with Crippen molar-refractivity contribution in [3.05, 3.63) is 10.9 Å². The second kappa shape index (κ2) is 6.15. The van der Waals surface area contributed by atoms with Crippen molar-refractivity contribution >= 4 is 33.3 Å². The molecule has 5 nitrogen and oxygen atoms in total. The van der Waals surface area contributed by atoms with Crippen LogP contribution in [-0.2, 0) is 11.2 Å². The van der Waals surface area contributed by atoms with E-state index in [1.807, 2.05) is 7.05 Å². The summed E-state index contributed by atoms with van der Waals surface area (Å²) in [4.78, 5) is 11.6. The molecule has 2 unspecified atom stereocenters. The summed E-state index contributed by atoms with van der Waals surface area (Å²) in [6, 6.07) is 2.54. The number of aromatic nitrogens is 2. The quantitative estimate of drug-likeness (QED) is 0.888. The van der Waals surface area contributed by atoms with Crippen molar-refractivity contribution in [1.82, 2.24) is 9.97 Å². The van der Waals surface area contributed by atoms with Gasteiger partial charge in [-0.05, 0) is 31.7 Å². The van der Waals surface area contributed by atoms with Gasteiger partial charge in [0.25, 0.3) is 0 Å². The van der Waals surface area contributed by atoms with Gasteiger partial charge < -0.3 is 15.4 Å². The first-order valence-electron chi connectivity index (χ1n) is 7.52. The molecule has 0 aromatic carbocycles. The highest BCUT2D eigenvalue weighted by molar-refractivity contribution is 7.18. The van der Waals surface area contributed by atoms with E-state index in [9.17, 15) is 0 Å². The lowest BCUT2D eigenvalue weighted by atomic mass is 10.2. The second-order valence-corrected chi connectivity index (χ2v) is 6.50. The Hall–Kier alpha value is -1.40. The molecule has 1 saturated carbocycles. The van der Waals surface area contributed by atoms with Gasteiger partial charge in [-0.2, -0.15) is 4.98 Å². The van der Waals surface area contributed by atoms with Crippen molar-refractivity contribution < 1.29 is 4.74 Å². The summed E-state index contributed by atoms with van der Waals surface area (Å²) in [7, 11) is 3.64. The summed E-state index contributed by atoms with van der Waals surface area (Å²) < 4.78 is 5.57. The number of nitrogens with one attached hydrogen (secondary N) is 2. The van der Waals surface area contributed by atoms with Crippen molar-refractivity contribution in [2.24, 2.45) is 0 Å². The van der Waals surface area contributed by atoms with E-state index in [4.69, 9.17) is 4.74 Å². The Balaban J connectivity index is 1.97. The average molecular weight is 306 g/mol. The first-order valence-corrected chi connectivity index (χ1v) is 8.34. The van der Waals surface area contributed by atoms with Crippen molar-refractivity contribution in [1.29, 1.82) is 0 Å². The molecule has 0 bridgehead atoms. The third kappa shape index (κ3) is 2.82. The van der Waals surface area contributed by atoms with Gasteiger partial charge in [0.05, 0.1) is 17.5 Å². The third-order valence-corrected chi connectivity index (χ3v) is 5.27. The molecule has 0 aliphatic heterocycles. The smallest absolute Gasteiger partial charge is 0.225 e. The fourth-order valence-electron chi connectivity index (χ4n) is 2.92. The van der Waals surface area contributed by atoms with Crippen LogP contribution >= 0.6 is 11.3 Å². The number of hydrogen-bond donors (Lipinski definition) is 2. The summed E-state index contributed by atoms with van der Waals surface area (Å²) in [5, 5.41) is 7.76. The lowest BCUT2D eigenvalue weighted by molar-refractivity contribution is 0.101. The summed E-state index contributed by atoms with van der Waals surface area (Å²) in [6.07, 6.45) is 4.75. The Bertz CT molecular complexity index is 627. The molecule has 1 fully saturated rings. The van der Waals surface area contributed by atoms with E-state index in [0.717, 1.165) is 35.3 Å². The van der Waals surface area contributed by atoms with Crippen molar-refractivity contribution in [3.8, 4) is 0 Å². The van der Waals surface area contributed by atoms with Gasteiger partial charge in [-0.15, -0.1) is 11.3 Å². The molecular weight excluding hydrogens is 284 g/mol. The number of ether oxygens (including phenoxy) is 1. The Morgan fingerprint density at radius 2 is 2.24 bits per heavy atom. The van der Waals surface area contributed by atoms with E-state index in [0.29, 0.717) is 12.0 Å². The maximum atomic E-state index is 5.57. The number of anilines is 2. The number of aryl methyl sites for hydroxylation is 1. The predicted octanol–water partition coefficient (Wildman–Crippen LogP) is 3.27. The number of methoxy groups -OCH3 is 1. The molecule has 1 aliphatic rings. The number of thiophene rings is 1. The lowest BCUT2D eigenvalue weighted by Gasteiger charge is -2.20. The zero-order valence-electron chi connectivity index (χ0n) is 12.8. The molecule has 3 rings (SSSR count). The summed E-state index contributed by atoms with van der Waals surface area (Å²) in [6.45, 7) is 2.17. The summed E-state index contributed by atoms with van der Waals surface area (Å²) >= 11 is 1.74. The normalized spacial score (nSPS) is 21.9. The van der Waals surface area contributed by atoms with E-state index < -0.39 is 0 Å². The molecule has 21 heavy (non-hydrogen) atoms. The molecule has 2 heterocycles. The molecule has 0 radical (unpaired) electrons. The standard InChI is InChI=1S/C15H22N4OS/c1-4-9-8-10-13(17-11-6-5-7-12(11)20-3)18-15(16-2)19-14(10)21-9/h8,11-12H,4-7H2,1-3H3,(H2,16,17,18,19). The first-order chi connectivity index (χ1) is 10.2. The molecule has 1 aliphatic carbocycles. The SMILES string of the molecule is CCc1cc2c(NC3CCCC3OC)nc(NC)nc2s1. The summed E-state index contributed by atoms with van der Waals surface area (Å²) in [5.74, 6) is 1.59. The van der Waals surface area contributed by atoms with Gasteiger partial charge in [-0.1, -0.05) is 6.92 Å². The molecular formula is C15H22N4OS. The number of rotatable bonds is 5. The highest BCUT2D eigenvalue weighted by atomic mass is 32.1. The number of nitrogens with zero attached hydrogens (tertiary/aromatic N) is 2. The molecule has 2 N–H and O–H groups in total. The molecule has 2 aromatic rings. The maximum Gasteiger partial charge on any atom is 0.225 e. The van der Waals surface area contributed by atoms with Crippen molar-refractivity contribution in [2.75, 3.05) is 24.8 Å². The van der Waals surface area contributed by atoms with Gasteiger partial charge in [0.1, 0.15) is 10.6 Å². The lowest BCUT2D eigenvalue weighted by Crippen LogP contribution is -2.30. The Kier molecular flexibility index (Phi) is 4.26. The van der Waals surface area contributed by atoms with E-state index in [1.54, 1.807) is 18.4 Å². The minimum Gasteiger partial charge on any atom is -0.379 e. The molecule has 114 valence electrons. The molecule has 2 aromatic heterocycles. The Labute approximate surface area is 129 Å². The predicted molar refractivity (Wildman–Crippen MR) is 88.4 cm³/mol. The second-order valence-electron chi connectivity index (χ2n) is 5.39. The van der Waals surface area contributed by atoms with Gasteiger partial charge in [-0.25, -0.2) is 4.98 Å². The van der Waals surface area contributed by atoms with Crippen molar-refractivity contribution in [3.63, 3.8) is 0 Å². The fraction of sp³-hybridized carbons (Fsp3) is 0.600. The van der Waals surface area contributed by atoms with Crippen LogP contribution in [0.25, 0.3) is 10.2 Å². The van der Waals surface area contributed by atoms with Crippen LogP contribution in [0.5, 0.6) is 0 Å². The van der Waals surface area contributed by atoms with Gasteiger partial charge in [0.2, 0.25) is 5.95 Å². The highest BCUT2D eigenvalue weighted by Gasteiger charge is 2.28. The van der Waals surface area contributed by atoms with Gasteiger partial charge in [0, 0.05) is 19.0 Å². The monoisotopic (exact) mass is 306 g/mol. The molecule has 0 saturated heterocycles. The van der Waals surface area contributed by atoms with E-state index in [1.165, 1.54) is 11.3 Å². The minimum absolute atomic E-state index is 0.275.